The van der Waals surface area contributed by atoms with E-state index in [1.54, 1.807) is 24.1 Å². The topological polar surface area (TPSA) is 74.8 Å². The van der Waals surface area contributed by atoms with E-state index < -0.39 is 0 Å². The molecule has 1 fully saturated rings. The van der Waals surface area contributed by atoms with Crippen molar-refractivity contribution in [3.63, 3.8) is 0 Å². The normalized spacial score (nSPS) is 14.5. The van der Waals surface area contributed by atoms with Crippen molar-refractivity contribution in [3.05, 3.63) is 18.3 Å². The highest BCUT2D eigenvalue weighted by molar-refractivity contribution is 5.89. The van der Waals surface area contributed by atoms with Crippen LogP contribution in [0, 0.1) is 0 Å². The highest BCUT2D eigenvalue weighted by atomic mass is 16.6. The van der Waals surface area contributed by atoms with Gasteiger partial charge in [0.05, 0.1) is 18.5 Å². The molecule has 1 aliphatic rings. The fourth-order valence-electron chi connectivity index (χ4n) is 2.44. The number of amides is 2. The Bertz CT molecular complexity index is 525. The van der Waals surface area contributed by atoms with Gasteiger partial charge in [0.1, 0.15) is 5.82 Å². The molecule has 0 unspecified atom stereocenters. The second-order valence-electron chi connectivity index (χ2n) is 5.37. The molecule has 7 nitrogen and oxygen atoms in total. The van der Waals surface area contributed by atoms with Crippen LogP contribution in [0.2, 0.25) is 0 Å². The fraction of sp³-hybridized carbons (Fsp3) is 0.562. The standard InChI is InChI=1S/C16H24N4O3/c1-3-5-15(21)18-14-7-6-13(12-17-14)19-8-10-20(11-9-19)16(22)23-4-2/h6-7,12H,3-5,8-11H2,1-2H3,(H,17,18,21). The number of aromatic nitrogens is 1. The molecule has 0 saturated carbocycles. The minimum atomic E-state index is -0.251. The molecule has 1 aliphatic heterocycles. The largest absolute Gasteiger partial charge is 0.450 e. The molecule has 0 atom stereocenters. The van der Waals surface area contributed by atoms with Crippen LogP contribution in [-0.2, 0) is 9.53 Å². The van der Waals surface area contributed by atoms with Crippen molar-refractivity contribution in [2.24, 2.45) is 0 Å². The maximum atomic E-state index is 11.7. The van der Waals surface area contributed by atoms with Crippen LogP contribution in [-0.4, -0.2) is 54.7 Å². The number of hydrogen-bond acceptors (Lipinski definition) is 5. The van der Waals surface area contributed by atoms with Crippen LogP contribution in [0.4, 0.5) is 16.3 Å². The van der Waals surface area contributed by atoms with Crippen molar-refractivity contribution in [2.75, 3.05) is 43.0 Å². The monoisotopic (exact) mass is 320 g/mol. The molecule has 0 aliphatic carbocycles. The van der Waals surface area contributed by atoms with E-state index in [9.17, 15) is 9.59 Å². The Hall–Kier alpha value is -2.31. The van der Waals surface area contributed by atoms with Gasteiger partial charge >= 0.3 is 6.09 Å². The minimum absolute atomic E-state index is 0.0178. The molecule has 0 aromatic carbocycles. The van der Waals surface area contributed by atoms with E-state index in [2.05, 4.69) is 15.2 Å². The molecule has 1 aromatic heterocycles. The zero-order valence-corrected chi connectivity index (χ0v) is 13.7. The second-order valence-corrected chi connectivity index (χ2v) is 5.37. The number of piperazine rings is 1. The molecule has 2 rings (SSSR count). The minimum Gasteiger partial charge on any atom is -0.450 e. The molecule has 1 aromatic rings. The average molecular weight is 320 g/mol. The van der Waals surface area contributed by atoms with Crippen molar-refractivity contribution >= 4 is 23.5 Å². The van der Waals surface area contributed by atoms with Gasteiger partial charge in [-0.2, -0.15) is 0 Å². The summed E-state index contributed by atoms with van der Waals surface area (Å²) in [7, 11) is 0. The molecule has 2 amide bonds. The summed E-state index contributed by atoms with van der Waals surface area (Å²) >= 11 is 0. The molecular weight excluding hydrogens is 296 g/mol. The lowest BCUT2D eigenvalue weighted by Crippen LogP contribution is -2.49. The Kier molecular flexibility index (Phi) is 6.19. The zero-order chi connectivity index (χ0) is 16.7. The molecular formula is C16H24N4O3. The van der Waals surface area contributed by atoms with Crippen LogP contribution in [0.3, 0.4) is 0 Å². The van der Waals surface area contributed by atoms with Crippen LogP contribution < -0.4 is 10.2 Å². The summed E-state index contributed by atoms with van der Waals surface area (Å²) in [6.07, 6.45) is 2.81. The first-order chi connectivity index (χ1) is 11.1. The number of ether oxygens (including phenoxy) is 1. The van der Waals surface area contributed by atoms with Gasteiger partial charge in [-0.3, -0.25) is 4.79 Å². The van der Waals surface area contributed by atoms with E-state index in [4.69, 9.17) is 4.74 Å². The van der Waals surface area contributed by atoms with Crippen LogP contribution >= 0.6 is 0 Å². The third kappa shape index (κ3) is 4.84. The summed E-state index contributed by atoms with van der Waals surface area (Å²) in [4.78, 5) is 31.4. The van der Waals surface area contributed by atoms with Gasteiger partial charge in [0.15, 0.2) is 0 Å². The number of nitrogens with zero attached hydrogens (tertiary/aromatic N) is 3. The van der Waals surface area contributed by atoms with Crippen molar-refractivity contribution < 1.29 is 14.3 Å². The summed E-state index contributed by atoms with van der Waals surface area (Å²) < 4.78 is 5.01. The van der Waals surface area contributed by atoms with E-state index in [0.717, 1.165) is 25.2 Å². The molecule has 0 radical (unpaired) electrons. The number of carbonyl (C=O) groups excluding carboxylic acids is 2. The zero-order valence-electron chi connectivity index (χ0n) is 13.7. The maximum Gasteiger partial charge on any atom is 0.409 e. The van der Waals surface area contributed by atoms with Crippen LogP contribution in [0.5, 0.6) is 0 Å². The Morgan fingerprint density at radius 1 is 1.22 bits per heavy atom. The maximum absolute atomic E-state index is 11.7. The Morgan fingerprint density at radius 3 is 2.52 bits per heavy atom. The van der Waals surface area contributed by atoms with E-state index in [0.29, 0.717) is 31.9 Å². The lowest BCUT2D eigenvalue weighted by molar-refractivity contribution is -0.116. The predicted molar refractivity (Wildman–Crippen MR) is 88.6 cm³/mol. The highest BCUT2D eigenvalue weighted by Gasteiger charge is 2.22. The Morgan fingerprint density at radius 2 is 1.96 bits per heavy atom. The van der Waals surface area contributed by atoms with Gasteiger partial charge in [-0.15, -0.1) is 0 Å². The first-order valence-electron chi connectivity index (χ1n) is 8.06. The van der Waals surface area contributed by atoms with E-state index in [1.807, 2.05) is 13.0 Å². The van der Waals surface area contributed by atoms with Gasteiger partial charge in [0.25, 0.3) is 0 Å². The quantitative estimate of drug-likeness (QED) is 0.899. The van der Waals surface area contributed by atoms with Crippen LogP contribution in [0.15, 0.2) is 18.3 Å². The number of anilines is 2. The SMILES string of the molecule is CCCC(=O)Nc1ccc(N2CCN(C(=O)OCC)CC2)cn1. The number of pyridine rings is 1. The predicted octanol–water partition coefficient (Wildman–Crippen LogP) is 2.10. The number of rotatable bonds is 5. The highest BCUT2D eigenvalue weighted by Crippen LogP contribution is 2.17. The number of hydrogen-bond donors (Lipinski definition) is 1. The summed E-state index contributed by atoms with van der Waals surface area (Å²) in [5.74, 6) is 0.549. The number of carbonyl (C=O) groups is 2. The molecule has 0 spiro atoms. The van der Waals surface area contributed by atoms with E-state index in [1.165, 1.54) is 0 Å². The van der Waals surface area contributed by atoms with Gasteiger partial charge < -0.3 is 19.9 Å². The second kappa shape index (κ2) is 8.36. The van der Waals surface area contributed by atoms with Crippen molar-refractivity contribution in [2.45, 2.75) is 26.7 Å². The molecule has 2 heterocycles. The lowest BCUT2D eigenvalue weighted by atomic mass is 10.3. The molecule has 0 bridgehead atoms. The molecule has 1 saturated heterocycles. The Balaban J connectivity index is 1.86. The third-order valence-electron chi connectivity index (χ3n) is 3.66. The first-order valence-corrected chi connectivity index (χ1v) is 8.06. The van der Waals surface area contributed by atoms with Crippen LogP contribution in [0.1, 0.15) is 26.7 Å². The summed E-state index contributed by atoms with van der Waals surface area (Å²) in [6.45, 7) is 6.91. The number of nitrogens with one attached hydrogen (secondary N) is 1. The van der Waals surface area contributed by atoms with Gasteiger partial charge in [-0.25, -0.2) is 9.78 Å². The van der Waals surface area contributed by atoms with E-state index in [-0.39, 0.29) is 12.0 Å². The van der Waals surface area contributed by atoms with Gasteiger partial charge in [-0.1, -0.05) is 6.92 Å². The molecule has 126 valence electrons. The van der Waals surface area contributed by atoms with E-state index >= 15 is 0 Å². The molecule has 23 heavy (non-hydrogen) atoms. The van der Waals surface area contributed by atoms with Gasteiger partial charge in [0, 0.05) is 32.6 Å². The lowest BCUT2D eigenvalue weighted by Gasteiger charge is -2.35. The molecule has 1 N–H and O–H groups in total. The van der Waals surface area contributed by atoms with Gasteiger partial charge in [-0.05, 0) is 25.5 Å². The summed E-state index contributed by atoms with van der Waals surface area (Å²) in [5, 5.41) is 2.77. The smallest absolute Gasteiger partial charge is 0.409 e. The van der Waals surface area contributed by atoms with Crippen molar-refractivity contribution in [3.8, 4) is 0 Å². The first kappa shape index (κ1) is 17.1. The van der Waals surface area contributed by atoms with Crippen molar-refractivity contribution in [1.82, 2.24) is 9.88 Å². The van der Waals surface area contributed by atoms with Crippen molar-refractivity contribution in [1.29, 1.82) is 0 Å². The summed E-state index contributed by atoms with van der Waals surface area (Å²) in [6, 6.07) is 3.75. The fourth-order valence-corrected chi connectivity index (χ4v) is 2.44. The van der Waals surface area contributed by atoms with Gasteiger partial charge in [0.2, 0.25) is 5.91 Å². The third-order valence-corrected chi connectivity index (χ3v) is 3.66. The molecule has 7 heteroatoms. The summed E-state index contributed by atoms with van der Waals surface area (Å²) in [5.41, 5.74) is 0.988. The van der Waals surface area contributed by atoms with Crippen LogP contribution in [0.25, 0.3) is 0 Å². The Labute approximate surface area is 136 Å². The average Bonchev–Trinajstić information content (AvgIpc) is 2.56.